The van der Waals surface area contributed by atoms with E-state index in [4.69, 9.17) is 0 Å². The molecule has 0 spiro atoms. The van der Waals surface area contributed by atoms with E-state index in [1.807, 2.05) is 0 Å². The first-order chi connectivity index (χ1) is 24.5. The third-order valence-corrected chi connectivity index (χ3v) is 10.9. The van der Waals surface area contributed by atoms with Gasteiger partial charge in [0.15, 0.2) is 0 Å². The zero-order chi connectivity index (χ0) is 33.4. The zero-order valence-electron chi connectivity index (χ0n) is 28.2. The molecule has 0 radical (unpaired) electrons. The Bertz CT molecular complexity index is 2690. The van der Waals surface area contributed by atoms with Gasteiger partial charge in [0.05, 0.1) is 11.0 Å². The van der Waals surface area contributed by atoms with Crippen LogP contribution in [0, 0.1) is 0 Å². The lowest BCUT2D eigenvalue weighted by molar-refractivity contribution is 0.664. The number of hydrogen-bond donors (Lipinski definition) is 0. The van der Waals surface area contributed by atoms with E-state index in [0.717, 1.165) is 0 Å². The molecule has 10 rings (SSSR count). The van der Waals surface area contributed by atoms with Crippen LogP contribution in [-0.2, 0) is 5.41 Å². The molecule has 1 heterocycles. The first kappa shape index (κ1) is 28.8. The van der Waals surface area contributed by atoms with Gasteiger partial charge in [-0.25, -0.2) is 0 Å². The number of fused-ring (bicyclic) bond motifs is 8. The molecule has 0 N–H and O–H groups in total. The molecule has 1 heteroatoms. The fourth-order valence-corrected chi connectivity index (χ4v) is 8.49. The quantitative estimate of drug-likeness (QED) is 0.181. The van der Waals surface area contributed by atoms with Gasteiger partial charge in [-0.15, -0.1) is 0 Å². The minimum atomic E-state index is -0.161. The molecule has 0 saturated carbocycles. The minimum Gasteiger partial charge on any atom is -0.309 e. The Morgan fingerprint density at radius 2 is 0.940 bits per heavy atom. The number of rotatable bonds is 4. The van der Waals surface area contributed by atoms with E-state index in [1.54, 1.807) is 0 Å². The summed E-state index contributed by atoms with van der Waals surface area (Å²) in [6.07, 6.45) is 0. The second-order valence-electron chi connectivity index (χ2n) is 14.2. The van der Waals surface area contributed by atoms with E-state index in [0.29, 0.717) is 0 Å². The van der Waals surface area contributed by atoms with Crippen LogP contribution >= 0.6 is 0 Å². The molecule has 1 nitrogen and oxygen atoms in total. The third kappa shape index (κ3) is 4.33. The van der Waals surface area contributed by atoms with Crippen LogP contribution in [0.2, 0.25) is 0 Å². The average molecular weight is 638 g/mol. The van der Waals surface area contributed by atoms with Crippen molar-refractivity contribution in [3.63, 3.8) is 0 Å². The monoisotopic (exact) mass is 637 g/mol. The molecule has 0 bridgehead atoms. The van der Waals surface area contributed by atoms with E-state index in [2.05, 4.69) is 194 Å². The molecule has 0 unspecified atom stereocenters. The Hall–Kier alpha value is -6.18. The second kappa shape index (κ2) is 10.9. The van der Waals surface area contributed by atoms with Crippen LogP contribution in [-0.4, -0.2) is 4.57 Å². The standard InChI is InChI=1S/C49H35N/c1-49(2)45-31-36-18-10-9-17-35(36)30-44(45)42-25-26-43-41-19-11-12-20-46(41)50(48(43)47(42)49)40-23-21-34(22-24-40)39-28-37(32-13-5-3-6-14-32)27-38(29-39)33-15-7-4-8-16-33/h3-31H,1-2H3. The van der Waals surface area contributed by atoms with E-state index >= 15 is 0 Å². The molecule has 0 amide bonds. The molecular weight excluding hydrogens is 603 g/mol. The maximum Gasteiger partial charge on any atom is 0.0588 e. The summed E-state index contributed by atoms with van der Waals surface area (Å²) in [5.74, 6) is 0. The van der Waals surface area contributed by atoms with E-state index in [9.17, 15) is 0 Å². The fraction of sp³-hybridized carbons (Fsp3) is 0.0612. The summed E-state index contributed by atoms with van der Waals surface area (Å²) in [7, 11) is 0. The largest absolute Gasteiger partial charge is 0.309 e. The van der Waals surface area contributed by atoms with E-state index in [1.165, 1.54) is 93.9 Å². The van der Waals surface area contributed by atoms with Crippen LogP contribution in [0.5, 0.6) is 0 Å². The van der Waals surface area contributed by atoms with Gasteiger partial charge in [-0.3, -0.25) is 0 Å². The predicted molar refractivity (Wildman–Crippen MR) is 212 cm³/mol. The Labute approximate surface area is 292 Å². The summed E-state index contributed by atoms with van der Waals surface area (Å²) in [6, 6.07) is 64.7. The van der Waals surface area contributed by atoms with Crippen LogP contribution in [0.3, 0.4) is 0 Å². The molecular formula is C49H35N. The van der Waals surface area contributed by atoms with Gasteiger partial charge in [0.2, 0.25) is 0 Å². The van der Waals surface area contributed by atoms with Crippen LogP contribution < -0.4 is 0 Å². The number of hydrogen-bond acceptors (Lipinski definition) is 0. The molecule has 0 atom stereocenters. The lowest BCUT2D eigenvalue weighted by atomic mass is 9.81. The van der Waals surface area contributed by atoms with Gasteiger partial charge in [0.1, 0.15) is 0 Å². The Kier molecular flexibility index (Phi) is 6.29. The minimum absolute atomic E-state index is 0.161. The second-order valence-corrected chi connectivity index (χ2v) is 14.2. The van der Waals surface area contributed by atoms with Gasteiger partial charge in [0.25, 0.3) is 0 Å². The van der Waals surface area contributed by atoms with Gasteiger partial charge >= 0.3 is 0 Å². The molecule has 1 aliphatic carbocycles. The van der Waals surface area contributed by atoms with Crippen molar-refractivity contribution in [2.24, 2.45) is 0 Å². The van der Waals surface area contributed by atoms with Gasteiger partial charge < -0.3 is 4.57 Å². The third-order valence-electron chi connectivity index (χ3n) is 10.9. The Morgan fingerprint density at radius 3 is 1.58 bits per heavy atom. The zero-order valence-corrected chi connectivity index (χ0v) is 28.2. The average Bonchev–Trinajstić information content (AvgIpc) is 3.62. The number of benzene rings is 8. The smallest absolute Gasteiger partial charge is 0.0588 e. The first-order valence-corrected chi connectivity index (χ1v) is 17.5. The number of nitrogens with zero attached hydrogens (tertiary/aromatic N) is 1. The maximum atomic E-state index is 2.51. The summed E-state index contributed by atoms with van der Waals surface area (Å²) in [5, 5.41) is 5.18. The van der Waals surface area contributed by atoms with Crippen LogP contribution in [0.1, 0.15) is 25.0 Å². The molecule has 236 valence electrons. The lowest BCUT2D eigenvalue weighted by Gasteiger charge is -2.24. The molecule has 1 aliphatic rings. The topological polar surface area (TPSA) is 4.93 Å². The van der Waals surface area contributed by atoms with Crippen molar-refractivity contribution in [1.29, 1.82) is 0 Å². The van der Waals surface area contributed by atoms with Crippen LogP contribution in [0.25, 0.3) is 82.8 Å². The van der Waals surface area contributed by atoms with Gasteiger partial charge in [-0.1, -0.05) is 141 Å². The van der Waals surface area contributed by atoms with Gasteiger partial charge in [0, 0.05) is 21.9 Å². The highest BCUT2D eigenvalue weighted by Crippen LogP contribution is 2.54. The maximum absolute atomic E-state index is 2.51. The van der Waals surface area contributed by atoms with Crippen molar-refractivity contribution in [2.45, 2.75) is 19.3 Å². The highest BCUT2D eigenvalue weighted by Gasteiger charge is 2.38. The summed E-state index contributed by atoms with van der Waals surface area (Å²) >= 11 is 0. The van der Waals surface area contributed by atoms with E-state index < -0.39 is 0 Å². The van der Waals surface area contributed by atoms with Crippen molar-refractivity contribution >= 4 is 32.6 Å². The van der Waals surface area contributed by atoms with Crippen molar-refractivity contribution in [3.8, 4) is 50.2 Å². The number of para-hydroxylation sites is 1. The summed E-state index contributed by atoms with van der Waals surface area (Å²) < 4.78 is 2.51. The molecule has 8 aromatic carbocycles. The van der Waals surface area contributed by atoms with Gasteiger partial charge in [-0.2, -0.15) is 0 Å². The number of aromatic nitrogens is 1. The van der Waals surface area contributed by atoms with Crippen LogP contribution in [0.4, 0.5) is 0 Å². The van der Waals surface area contributed by atoms with Crippen LogP contribution in [0.15, 0.2) is 176 Å². The van der Waals surface area contributed by atoms with Crippen molar-refractivity contribution in [3.05, 3.63) is 187 Å². The lowest BCUT2D eigenvalue weighted by Crippen LogP contribution is -2.16. The van der Waals surface area contributed by atoms with Crippen molar-refractivity contribution in [2.75, 3.05) is 0 Å². The fourth-order valence-electron chi connectivity index (χ4n) is 8.49. The summed E-state index contributed by atoms with van der Waals surface area (Å²) in [6.45, 7) is 4.81. The molecule has 1 aromatic heterocycles. The van der Waals surface area contributed by atoms with Crippen molar-refractivity contribution in [1.82, 2.24) is 4.57 Å². The highest BCUT2D eigenvalue weighted by atomic mass is 15.0. The molecule has 0 saturated heterocycles. The van der Waals surface area contributed by atoms with Crippen molar-refractivity contribution < 1.29 is 0 Å². The summed E-state index contributed by atoms with van der Waals surface area (Å²) in [5.41, 5.74) is 16.4. The molecule has 9 aromatic rings. The Morgan fingerprint density at radius 1 is 0.400 bits per heavy atom. The molecule has 0 fully saturated rings. The normalized spacial score (nSPS) is 13.2. The first-order valence-electron chi connectivity index (χ1n) is 17.5. The predicted octanol–water partition coefficient (Wildman–Crippen LogP) is 13.2. The highest BCUT2D eigenvalue weighted by molar-refractivity contribution is 6.13. The molecule has 50 heavy (non-hydrogen) atoms. The Balaban J connectivity index is 1.16. The summed E-state index contributed by atoms with van der Waals surface area (Å²) in [4.78, 5) is 0. The van der Waals surface area contributed by atoms with E-state index in [-0.39, 0.29) is 5.41 Å². The molecule has 0 aliphatic heterocycles. The van der Waals surface area contributed by atoms with Gasteiger partial charge in [-0.05, 0) is 115 Å². The SMILES string of the molecule is CC1(C)c2cc3ccccc3cc2-c2ccc3c4ccccc4n(-c4ccc(-c5cc(-c6ccccc6)cc(-c6ccccc6)c5)cc4)c3c21.